The van der Waals surface area contributed by atoms with Crippen LogP contribution >= 0.6 is 11.6 Å². The van der Waals surface area contributed by atoms with E-state index in [1.54, 1.807) is 19.2 Å². The first-order chi connectivity index (χ1) is 9.65. The largest absolute Gasteiger partial charge is 0.493 e. The van der Waals surface area contributed by atoms with Crippen LogP contribution in [-0.4, -0.2) is 25.5 Å². The minimum atomic E-state index is -0.0682. The number of Topliss-reactive ketones (excluding diaryl/α,β-unsaturated/α-hetero) is 1. The first-order valence-electron chi connectivity index (χ1n) is 6.93. The normalized spacial score (nSPS) is 15.3. The molecular formula is C15H20ClNO3. The molecule has 1 aromatic rings. The fourth-order valence-electron chi connectivity index (χ4n) is 2.49. The molecule has 0 spiro atoms. The molecule has 0 atom stereocenters. The van der Waals surface area contributed by atoms with Crippen LogP contribution in [0.2, 0.25) is 5.02 Å². The van der Waals surface area contributed by atoms with Gasteiger partial charge in [0.15, 0.2) is 17.3 Å². The summed E-state index contributed by atoms with van der Waals surface area (Å²) in [6.07, 6.45) is 4.76. The van der Waals surface area contributed by atoms with E-state index < -0.39 is 0 Å². The fraction of sp³-hybridized carbons (Fsp3) is 0.533. The molecule has 2 rings (SSSR count). The van der Waals surface area contributed by atoms with Gasteiger partial charge in [-0.2, -0.15) is 0 Å². The Balaban J connectivity index is 2.35. The van der Waals surface area contributed by atoms with E-state index in [-0.39, 0.29) is 18.3 Å². The predicted octanol–water partition coefficient (Wildman–Crippen LogP) is 3.20. The van der Waals surface area contributed by atoms with Gasteiger partial charge in [0.2, 0.25) is 0 Å². The molecule has 0 amide bonds. The molecule has 1 aliphatic carbocycles. The monoisotopic (exact) mass is 297 g/mol. The predicted molar refractivity (Wildman–Crippen MR) is 78.9 cm³/mol. The second kappa shape index (κ2) is 6.95. The minimum absolute atomic E-state index is 0.0682. The summed E-state index contributed by atoms with van der Waals surface area (Å²) in [5, 5.41) is 0.459. The van der Waals surface area contributed by atoms with Crippen molar-refractivity contribution in [2.24, 2.45) is 5.73 Å². The molecule has 0 unspecified atom stereocenters. The molecule has 2 N–H and O–H groups in total. The van der Waals surface area contributed by atoms with Crippen molar-refractivity contribution in [3.05, 3.63) is 22.7 Å². The van der Waals surface area contributed by atoms with E-state index >= 15 is 0 Å². The highest BCUT2D eigenvalue weighted by Gasteiger charge is 2.23. The third-order valence-electron chi connectivity index (χ3n) is 3.50. The Hall–Kier alpha value is -1.26. The van der Waals surface area contributed by atoms with Gasteiger partial charge in [-0.3, -0.25) is 4.79 Å². The van der Waals surface area contributed by atoms with E-state index in [1.807, 2.05) is 0 Å². The number of hydrogen-bond acceptors (Lipinski definition) is 4. The Morgan fingerprint density at radius 1 is 1.40 bits per heavy atom. The highest BCUT2D eigenvalue weighted by atomic mass is 35.5. The third-order valence-corrected chi connectivity index (χ3v) is 3.72. The van der Waals surface area contributed by atoms with Crippen LogP contribution in [0, 0.1) is 0 Å². The number of hydrogen-bond donors (Lipinski definition) is 1. The molecule has 0 saturated heterocycles. The first kappa shape index (κ1) is 15.1. The third kappa shape index (κ3) is 3.44. The number of nitrogens with two attached hydrogens (primary N) is 1. The van der Waals surface area contributed by atoms with Gasteiger partial charge in [0.1, 0.15) is 0 Å². The molecule has 5 heteroatoms. The lowest BCUT2D eigenvalue weighted by atomic mass is 10.1. The zero-order chi connectivity index (χ0) is 14.5. The summed E-state index contributed by atoms with van der Waals surface area (Å²) in [7, 11) is 1.55. The Bertz CT molecular complexity index is 484. The lowest BCUT2D eigenvalue weighted by molar-refractivity contribution is 0.0977. The number of ketones is 1. The van der Waals surface area contributed by atoms with Crippen molar-refractivity contribution < 1.29 is 14.3 Å². The maximum absolute atomic E-state index is 12.2. The number of ether oxygens (including phenoxy) is 2. The van der Waals surface area contributed by atoms with Crippen LogP contribution in [0.3, 0.4) is 0 Å². The Morgan fingerprint density at radius 2 is 2.10 bits per heavy atom. The van der Waals surface area contributed by atoms with Crippen molar-refractivity contribution >= 4 is 17.4 Å². The second-order valence-corrected chi connectivity index (χ2v) is 5.41. The van der Waals surface area contributed by atoms with Crippen LogP contribution in [0.4, 0.5) is 0 Å². The van der Waals surface area contributed by atoms with Crippen LogP contribution in [-0.2, 0) is 0 Å². The van der Waals surface area contributed by atoms with Crippen LogP contribution in [0.1, 0.15) is 42.5 Å². The summed E-state index contributed by atoms with van der Waals surface area (Å²) < 4.78 is 11.3. The molecule has 4 nitrogen and oxygen atoms in total. The van der Waals surface area contributed by atoms with E-state index in [0.717, 1.165) is 25.7 Å². The zero-order valence-electron chi connectivity index (χ0n) is 11.7. The van der Waals surface area contributed by atoms with Crippen molar-refractivity contribution in [3.8, 4) is 11.5 Å². The van der Waals surface area contributed by atoms with Gasteiger partial charge in [-0.1, -0.05) is 11.6 Å². The van der Waals surface area contributed by atoms with Crippen LogP contribution < -0.4 is 15.2 Å². The van der Waals surface area contributed by atoms with Crippen molar-refractivity contribution in [1.82, 2.24) is 0 Å². The van der Waals surface area contributed by atoms with Gasteiger partial charge in [-0.15, -0.1) is 0 Å². The lowest BCUT2D eigenvalue weighted by Crippen LogP contribution is -2.16. The molecule has 20 heavy (non-hydrogen) atoms. The van der Waals surface area contributed by atoms with Crippen molar-refractivity contribution in [1.29, 1.82) is 0 Å². The standard InChI is InChI=1S/C15H20ClNO3/c1-19-14-9-10(16)8-12(13(18)6-7-17)15(14)20-11-4-2-3-5-11/h8-9,11H,2-7,17H2,1H3. The highest BCUT2D eigenvalue weighted by Crippen LogP contribution is 2.38. The number of halogens is 1. The van der Waals surface area contributed by atoms with Crippen LogP contribution in [0.15, 0.2) is 12.1 Å². The molecule has 110 valence electrons. The summed E-state index contributed by atoms with van der Waals surface area (Å²) in [6, 6.07) is 3.30. The number of methoxy groups -OCH3 is 1. The number of carbonyl (C=O) groups excluding carboxylic acids is 1. The summed E-state index contributed by atoms with van der Waals surface area (Å²) in [5.41, 5.74) is 5.93. The quantitative estimate of drug-likeness (QED) is 0.819. The van der Waals surface area contributed by atoms with Crippen LogP contribution in [0.5, 0.6) is 11.5 Å². The van der Waals surface area contributed by atoms with Crippen molar-refractivity contribution in [2.75, 3.05) is 13.7 Å². The summed E-state index contributed by atoms with van der Waals surface area (Å²) in [4.78, 5) is 12.2. The average molecular weight is 298 g/mol. The Kier molecular flexibility index (Phi) is 5.26. The van der Waals surface area contributed by atoms with Gasteiger partial charge in [0, 0.05) is 17.5 Å². The van der Waals surface area contributed by atoms with E-state index in [9.17, 15) is 4.79 Å². The van der Waals surface area contributed by atoms with Gasteiger partial charge in [-0.25, -0.2) is 0 Å². The van der Waals surface area contributed by atoms with Crippen molar-refractivity contribution in [2.45, 2.75) is 38.2 Å². The topological polar surface area (TPSA) is 61.5 Å². The molecule has 0 aromatic heterocycles. The summed E-state index contributed by atoms with van der Waals surface area (Å²) >= 11 is 6.04. The van der Waals surface area contributed by atoms with Gasteiger partial charge in [0.05, 0.1) is 18.8 Å². The zero-order valence-corrected chi connectivity index (χ0v) is 12.4. The molecule has 1 aliphatic rings. The molecule has 1 fully saturated rings. The highest BCUT2D eigenvalue weighted by molar-refractivity contribution is 6.31. The van der Waals surface area contributed by atoms with E-state index in [2.05, 4.69) is 0 Å². The average Bonchev–Trinajstić information content (AvgIpc) is 2.93. The molecule has 1 saturated carbocycles. The molecular weight excluding hydrogens is 278 g/mol. The van der Waals surface area contributed by atoms with Gasteiger partial charge in [-0.05, 0) is 38.3 Å². The van der Waals surface area contributed by atoms with E-state index in [1.165, 1.54) is 0 Å². The Morgan fingerprint density at radius 3 is 2.70 bits per heavy atom. The van der Waals surface area contributed by atoms with E-state index in [0.29, 0.717) is 28.6 Å². The molecule has 0 radical (unpaired) electrons. The summed E-state index contributed by atoms with van der Waals surface area (Å²) in [6.45, 7) is 0.302. The molecule has 0 bridgehead atoms. The molecule has 0 aliphatic heterocycles. The second-order valence-electron chi connectivity index (χ2n) is 4.97. The maximum atomic E-state index is 12.2. The first-order valence-corrected chi connectivity index (χ1v) is 7.31. The van der Waals surface area contributed by atoms with Gasteiger partial charge < -0.3 is 15.2 Å². The van der Waals surface area contributed by atoms with Crippen LogP contribution in [0.25, 0.3) is 0 Å². The fourth-order valence-corrected chi connectivity index (χ4v) is 2.70. The Labute approximate surface area is 124 Å². The maximum Gasteiger partial charge on any atom is 0.172 e. The van der Waals surface area contributed by atoms with Crippen molar-refractivity contribution in [3.63, 3.8) is 0 Å². The summed E-state index contributed by atoms with van der Waals surface area (Å²) in [5.74, 6) is 0.938. The van der Waals surface area contributed by atoms with Gasteiger partial charge in [0.25, 0.3) is 0 Å². The SMILES string of the molecule is COc1cc(Cl)cc(C(=O)CCN)c1OC1CCCC1. The minimum Gasteiger partial charge on any atom is -0.493 e. The lowest BCUT2D eigenvalue weighted by Gasteiger charge is -2.19. The van der Waals surface area contributed by atoms with Gasteiger partial charge >= 0.3 is 0 Å². The number of benzene rings is 1. The number of rotatable bonds is 6. The molecule has 1 aromatic carbocycles. The number of carbonyl (C=O) groups is 1. The molecule has 0 heterocycles. The van der Waals surface area contributed by atoms with E-state index in [4.69, 9.17) is 26.8 Å². The smallest absolute Gasteiger partial charge is 0.172 e.